The molecule has 0 aromatic heterocycles. The van der Waals surface area contributed by atoms with Gasteiger partial charge in [-0.15, -0.1) is 0 Å². The van der Waals surface area contributed by atoms with Crippen LogP contribution in [-0.2, 0) is 4.79 Å². The summed E-state index contributed by atoms with van der Waals surface area (Å²) in [4.78, 5) is 16.0. The summed E-state index contributed by atoms with van der Waals surface area (Å²) in [6.07, 6.45) is 0. The van der Waals surface area contributed by atoms with Gasteiger partial charge in [-0.3, -0.25) is 4.79 Å². The van der Waals surface area contributed by atoms with E-state index in [2.05, 4.69) is 10.2 Å². The van der Waals surface area contributed by atoms with Gasteiger partial charge in [0.1, 0.15) is 5.75 Å². The topological polar surface area (TPSA) is 57.0 Å². The van der Waals surface area contributed by atoms with Crippen LogP contribution in [0.25, 0.3) is 0 Å². The molecule has 0 bridgehead atoms. The van der Waals surface area contributed by atoms with Crippen LogP contribution in [0.15, 0.2) is 42.5 Å². The molecule has 1 fully saturated rings. The molecule has 132 valence electrons. The van der Waals surface area contributed by atoms with Crippen molar-refractivity contribution < 1.29 is 14.8 Å². The van der Waals surface area contributed by atoms with Crippen LogP contribution in [0.5, 0.6) is 5.75 Å². The third-order valence-electron chi connectivity index (χ3n) is 4.84. The molecule has 0 unspecified atom stereocenters. The fraction of sp³-hybridized carbons (Fsp3) is 0.350. The molecule has 1 amide bonds. The molecule has 0 spiro atoms. The van der Waals surface area contributed by atoms with E-state index in [1.165, 1.54) is 4.90 Å². The van der Waals surface area contributed by atoms with Crippen LogP contribution in [0.3, 0.4) is 0 Å². The fourth-order valence-electron chi connectivity index (χ4n) is 3.34. The number of anilines is 2. The van der Waals surface area contributed by atoms with E-state index in [9.17, 15) is 9.90 Å². The maximum absolute atomic E-state index is 12.4. The summed E-state index contributed by atoms with van der Waals surface area (Å²) in [5.41, 5.74) is 4.26. The number of phenolic OH excluding ortho intramolecular Hbond substituents is 1. The summed E-state index contributed by atoms with van der Waals surface area (Å²) < 4.78 is 0. The van der Waals surface area contributed by atoms with E-state index >= 15 is 0 Å². The van der Waals surface area contributed by atoms with Gasteiger partial charge in [-0.25, -0.2) is 0 Å². The minimum atomic E-state index is 0.0745. The lowest BCUT2D eigenvalue weighted by atomic mass is 10.1. The van der Waals surface area contributed by atoms with Crippen molar-refractivity contribution in [3.05, 3.63) is 53.6 Å². The van der Waals surface area contributed by atoms with Gasteiger partial charge < -0.3 is 20.2 Å². The summed E-state index contributed by atoms with van der Waals surface area (Å²) >= 11 is 0. The summed E-state index contributed by atoms with van der Waals surface area (Å²) in [5.74, 6) is 0.363. The van der Waals surface area contributed by atoms with Crippen molar-refractivity contribution in [3.63, 3.8) is 0 Å². The lowest BCUT2D eigenvalue weighted by Crippen LogP contribution is -3.15. The second-order valence-corrected chi connectivity index (χ2v) is 6.75. The van der Waals surface area contributed by atoms with Gasteiger partial charge in [-0.05, 0) is 49.2 Å². The number of quaternary nitrogens is 1. The third-order valence-corrected chi connectivity index (χ3v) is 4.84. The molecule has 1 aliphatic rings. The lowest BCUT2D eigenvalue weighted by Gasteiger charge is -2.33. The molecule has 1 saturated heterocycles. The summed E-state index contributed by atoms with van der Waals surface area (Å²) in [5, 5.41) is 12.5. The second kappa shape index (κ2) is 7.57. The van der Waals surface area contributed by atoms with E-state index in [-0.39, 0.29) is 11.7 Å². The number of aromatic hydroxyl groups is 1. The molecular weight excluding hydrogens is 314 g/mol. The molecule has 25 heavy (non-hydrogen) atoms. The maximum Gasteiger partial charge on any atom is 0.279 e. The monoisotopic (exact) mass is 340 g/mol. The zero-order valence-corrected chi connectivity index (χ0v) is 14.9. The maximum atomic E-state index is 12.4. The van der Waals surface area contributed by atoms with Crippen LogP contribution in [0.2, 0.25) is 0 Å². The predicted molar refractivity (Wildman–Crippen MR) is 100 cm³/mol. The zero-order valence-electron chi connectivity index (χ0n) is 14.9. The molecule has 1 heterocycles. The van der Waals surface area contributed by atoms with Crippen molar-refractivity contribution in [1.82, 2.24) is 0 Å². The van der Waals surface area contributed by atoms with Gasteiger partial charge in [0.2, 0.25) is 0 Å². The van der Waals surface area contributed by atoms with E-state index < -0.39 is 0 Å². The molecule has 3 N–H and O–H groups in total. The molecule has 3 rings (SSSR count). The number of carbonyl (C=O) groups is 1. The van der Waals surface area contributed by atoms with Crippen LogP contribution < -0.4 is 15.1 Å². The highest BCUT2D eigenvalue weighted by Gasteiger charge is 2.22. The highest BCUT2D eigenvalue weighted by Crippen LogP contribution is 2.19. The van der Waals surface area contributed by atoms with Crippen LogP contribution in [-0.4, -0.2) is 43.7 Å². The molecule has 0 saturated carbocycles. The Morgan fingerprint density at radius 1 is 1.08 bits per heavy atom. The zero-order chi connectivity index (χ0) is 17.8. The number of carbonyl (C=O) groups excluding carboxylic acids is 1. The molecule has 5 nitrogen and oxygen atoms in total. The summed E-state index contributed by atoms with van der Waals surface area (Å²) in [7, 11) is 0. The Kier molecular flexibility index (Phi) is 5.24. The Bertz CT molecular complexity index is 715. The SMILES string of the molecule is Cc1cccc(C)c1NC(=O)C[NH+]1CCN(c2ccc(O)cc2)CC1. The smallest absolute Gasteiger partial charge is 0.279 e. The molecule has 2 aromatic carbocycles. The highest BCUT2D eigenvalue weighted by atomic mass is 16.3. The number of nitrogens with zero attached hydrogens (tertiary/aromatic N) is 1. The van der Waals surface area contributed by atoms with Gasteiger partial charge in [0.15, 0.2) is 6.54 Å². The number of amides is 1. The molecular formula is C20H26N3O2+. The van der Waals surface area contributed by atoms with Crippen LogP contribution in [0.4, 0.5) is 11.4 Å². The predicted octanol–water partition coefficient (Wildman–Crippen LogP) is 1.35. The molecule has 5 heteroatoms. The Morgan fingerprint density at radius 2 is 1.68 bits per heavy atom. The number of para-hydroxylation sites is 1. The Hall–Kier alpha value is -2.53. The van der Waals surface area contributed by atoms with E-state index in [0.29, 0.717) is 6.54 Å². The number of phenols is 1. The average molecular weight is 340 g/mol. The first-order chi connectivity index (χ1) is 12.0. The van der Waals surface area contributed by atoms with E-state index in [0.717, 1.165) is 48.7 Å². The Morgan fingerprint density at radius 3 is 2.28 bits per heavy atom. The first-order valence-corrected chi connectivity index (χ1v) is 8.76. The van der Waals surface area contributed by atoms with E-state index in [1.54, 1.807) is 12.1 Å². The molecule has 1 aliphatic heterocycles. The average Bonchev–Trinajstić information content (AvgIpc) is 2.60. The summed E-state index contributed by atoms with van der Waals surface area (Å²) in [6.45, 7) is 8.23. The minimum Gasteiger partial charge on any atom is -0.508 e. The minimum absolute atomic E-state index is 0.0745. The first-order valence-electron chi connectivity index (χ1n) is 8.76. The quantitative estimate of drug-likeness (QED) is 0.788. The molecule has 0 atom stereocenters. The lowest BCUT2D eigenvalue weighted by molar-refractivity contribution is -0.892. The Labute approximate surface area is 148 Å². The van der Waals surface area contributed by atoms with Crippen LogP contribution in [0, 0.1) is 13.8 Å². The van der Waals surface area contributed by atoms with Gasteiger partial charge in [0.05, 0.1) is 26.2 Å². The van der Waals surface area contributed by atoms with E-state index in [1.807, 2.05) is 44.2 Å². The van der Waals surface area contributed by atoms with Crippen molar-refractivity contribution >= 4 is 17.3 Å². The van der Waals surface area contributed by atoms with E-state index in [4.69, 9.17) is 0 Å². The normalized spacial score (nSPS) is 15.2. The second-order valence-electron chi connectivity index (χ2n) is 6.75. The Balaban J connectivity index is 1.52. The third kappa shape index (κ3) is 4.31. The number of piperazine rings is 1. The standard InChI is InChI=1S/C20H25N3O2/c1-15-4-3-5-16(2)20(15)21-19(25)14-22-10-12-23(13-11-22)17-6-8-18(24)9-7-17/h3-9,24H,10-14H2,1-2H3,(H,21,25)/p+1. The van der Waals surface area contributed by atoms with Crippen molar-refractivity contribution in [1.29, 1.82) is 0 Å². The van der Waals surface area contributed by atoms with Crippen molar-refractivity contribution in [2.24, 2.45) is 0 Å². The summed E-state index contributed by atoms with van der Waals surface area (Å²) in [6, 6.07) is 13.4. The number of hydrogen-bond acceptors (Lipinski definition) is 3. The van der Waals surface area contributed by atoms with Crippen molar-refractivity contribution in [2.45, 2.75) is 13.8 Å². The first kappa shape index (κ1) is 17.3. The fourth-order valence-corrected chi connectivity index (χ4v) is 3.34. The highest BCUT2D eigenvalue weighted by molar-refractivity contribution is 5.93. The number of rotatable bonds is 4. The molecule has 0 radical (unpaired) electrons. The van der Waals surface area contributed by atoms with Crippen LogP contribution >= 0.6 is 0 Å². The van der Waals surface area contributed by atoms with Crippen molar-refractivity contribution in [3.8, 4) is 5.75 Å². The van der Waals surface area contributed by atoms with Gasteiger partial charge in [0.25, 0.3) is 5.91 Å². The van der Waals surface area contributed by atoms with Gasteiger partial charge >= 0.3 is 0 Å². The van der Waals surface area contributed by atoms with Crippen molar-refractivity contribution in [2.75, 3.05) is 42.9 Å². The largest absolute Gasteiger partial charge is 0.508 e. The van der Waals surface area contributed by atoms with Gasteiger partial charge in [0, 0.05) is 11.4 Å². The number of aryl methyl sites for hydroxylation is 2. The van der Waals surface area contributed by atoms with Gasteiger partial charge in [-0.1, -0.05) is 18.2 Å². The number of hydrogen-bond donors (Lipinski definition) is 3. The molecule has 0 aliphatic carbocycles. The number of benzene rings is 2. The molecule has 2 aromatic rings. The van der Waals surface area contributed by atoms with Crippen LogP contribution in [0.1, 0.15) is 11.1 Å². The van der Waals surface area contributed by atoms with Gasteiger partial charge in [-0.2, -0.15) is 0 Å². The number of nitrogens with one attached hydrogen (secondary N) is 2.